The summed E-state index contributed by atoms with van der Waals surface area (Å²) < 4.78 is 27.5. The molecule has 1 amide bonds. The Labute approximate surface area is 127 Å². The van der Waals surface area contributed by atoms with Gasteiger partial charge in [0.25, 0.3) is 0 Å². The van der Waals surface area contributed by atoms with Crippen molar-refractivity contribution in [1.29, 1.82) is 0 Å². The van der Waals surface area contributed by atoms with Gasteiger partial charge in [0.1, 0.15) is 0 Å². The molecule has 1 aromatic heterocycles. The number of hydrogen-bond donors (Lipinski definition) is 1. The number of anilines is 1. The number of nitrogens with two attached hydrogens (primary N) is 1. The lowest BCUT2D eigenvalue weighted by atomic mass is 10.1. The molecule has 0 radical (unpaired) electrons. The third kappa shape index (κ3) is 3.18. The number of benzene rings is 1. The number of sulfonamides is 1. The molecule has 8 heteroatoms. The molecule has 3 rings (SSSR count). The predicted octanol–water partition coefficient (Wildman–Crippen LogP) is 0.983. The maximum Gasteiger partial charge on any atom is 0.227 e. The Bertz CT molecular complexity index is 769. The Balaban J connectivity index is 1.76. The third-order valence-corrected chi connectivity index (χ3v) is 4.50. The highest BCUT2D eigenvalue weighted by Crippen LogP contribution is 2.28. The normalized spacial score (nSPS) is 18.9. The van der Waals surface area contributed by atoms with Gasteiger partial charge in [-0.05, 0) is 24.3 Å². The Morgan fingerprint density at radius 3 is 2.64 bits per heavy atom. The van der Waals surface area contributed by atoms with Crippen LogP contribution in [0.1, 0.15) is 6.42 Å². The molecule has 1 aliphatic rings. The van der Waals surface area contributed by atoms with Crippen LogP contribution in [0.5, 0.6) is 0 Å². The van der Waals surface area contributed by atoms with E-state index in [0.717, 1.165) is 11.3 Å². The van der Waals surface area contributed by atoms with Crippen LogP contribution in [0.25, 0.3) is 11.3 Å². The summed E-state index contributed by atoms with van der Waals surface area (Å²) in [5.41, 5.74) is 1.58. The zero-order chi connectivity index (χ0) is 15.7. The van der Waals surface area contributed by atoms with Crippen LogP contribution in [-0.4, -0.2) is 31.6 Å². The second-order valence-corrected chi connectivity index (χ2v) is 6.98. The summed E-state index contributed by atoms with van der Waals surface area (Å²) in [6.45, 7) is 0.358. The lowest BCUT2D eigenvalue weighted by molar-refractivity contribution is -0.117. The maximum atomic E-state index is 12.0. The largest absolute Gasteiger partial charge is 0.444 e. The molecule has 1 saturated heterocycles. The molecule has 1 atom stereocenters. The Morgan fingerprint density at radius 1 is 1.32 bits per heavy atom. The topological polar surface area (TPSA) is 106 Å². The summed E-state index contributed by atoms with van der Waals surface area (Å²) in [4.78, 5) is 17.5. The van der Waals surface area contributed by atoms with Gasteiger partial charge in [-0.3, -0.25) is 4.79 Å². The number of carbonyl (C=O) groups is 1. The van der Waals surface area contributed by atoms with Crippen LogP contribution in [0.2, 0.25) is 0 Å². The minimum absolute atomic E-state index is 0.0962. The molecule has 1 fully saturated rings. The zero-order valence-electron chi connectivity index (χ0n) is 11.7. The summed E-state index contributed by atoms with van der Waals surface area (Å²) in [7, 11) is -3.57. The molecular formula is C14H15N3O4S. The van der Waals surface area contributed by atoms with E-state index in [4.69, 9.17) is 9.56 Å². The van der Waals surface area contributed by atoms with Gasteiger partial charge in [-0.25, -0.2) is 18.5 Å². The zero-order valence-corrected chi connectivity index (χ0v) is 12.5. The number of rotatable bonds is 4. The average Bonchev–Trinajstić information content (AvgIpc) is 3.07. The van der Waals surface area contributed by atoms with Crippen LogP contribution in [-0.2, 0) is 14.8 Å². The molecule has 116 valence electrons. The molecule has 1 unspecified atom stereocenters. The molecule has 2 aromatic rings. The average molecular weight is 321 g/mol. The highest BCUT2D eigenvalue weighted by atomic mass is 32.2. The maximum absolute atomic E-state index is 12.0. The van der Waals surface area contributed by atoms with Crippen molar-refractivity contribution in [3.8, 4) is 11.3 Å². The van der Waals surface area contributed by atoms with Gasteiger partial charge in [0.05, 0.1) is 11.9 Å². The first-order valence-corrected chi connectivity index (χ1v) is 8.44. The van der Waals surface area contributed by atoms with Gasteiger partial charge >= 0.3 is 0 Å². The summed E-state index contributed by atoms with van der Waals surface area (Å²) >= 11 is 0. The van der Waals surface area contributed by atoms with E-state index in [9.17, 15) is 13.2 Å². The van der Waals surface area contributed by atoms with Gasteiger partial charge in [0, 0.05) is 30.1 Å². The van der Waals surface area contributed by atoms with Crippen molar-refractivity contribution in [1.82, 2.24) is 4.98 Å². The molecule has 22 heavy (non-hydrogen) atoms. The number of carbonyl (C=O) groups excluding carboxylic acids is 1. The fourth-order valence-electron chi connectivity index (χ4n) is 2.64. The quantitative estimate of drug-likeness (QED) is 0.903. The van der Waals surface area contributed by atoms with Crippen molar-refractivity contribution < 1.29 is 17.6 Å². The summed E-state index contributed by atoms with van der Waals surface area (Å²) in [6.07, 6.45) is 3.16. The summed E-state index contributed by atoms with van der Waals surface area (Å²) in [6, 6.07) is 7.26. The van der Waals surface area contributed by atoms with Gasteiger partial charge in [0.2, 0.25) is 15.9 Å². The van der Waals surface area contributed by atoms with Crippen molar-refractivity contribution in [3.63, 3.8) is 0 Å². The van der Waals surface area contributed by atoms with Crippen LogP contribution in [0.4, 0.5) is 5.69 Å². The Hall–Kier alpha value is -2.19. The molecule has 1 aliphatic heterocycles. The van der Waals surface area contributed by atoms with E-state index >= 15 is 0 Å². The van der Waals surface area contributed by atoms with Gasteiger partial charge in [-0.15, -0.1) is 0 Å². The van der Waals surface area contributed by atoms with Gasteiger partial charge in [0.15, 0.2) is 12.2 Å². The Kier molecular flexibility index (Phi) is 3.71. The molecule has 0 spiro atoms. The van der Waals surface area contributed by atoms with Gasteiger partial charge < -0.3 is 9.32 Å². The van der Waals surface area contributed by atoms with Crippen molar-refractivity contribution in [2.75, 3.05) is 17.2 Å². The third-order valence-electron chi connectivity index (χ3n) is 3.57. The van der Waals surface area contributed by atoms with E-state index in [1.165, 1.54) is 6.39 Å². The minimum atomic E-state index is -3.57. The molecule has 0 aliphatic carbocycles. The van der Waals surface area contributed by atoms with E-state index < -0.39 is 10.0 Å². The fourth-order valence-corrected chi connectivity index (χ4v) is 3.52. The predicted molar refractivity (Wildman–Crippen MR) is 80.4 cm³/mol. The van der Waals surface area contributed by atoms with Crippen LogP contribution in [0, 0.1) is 5.92 Å². The fraction of sp³-hybridized carbons (Fsp3) is 0.286. The Morgan fingerprint density at radius 2 is 2.05 bits per heavy atom. The monoisotopic (exact) mass is 321 g/mol. The van der Waals surface area contributed by atoms with Crippen LogP contribution in [0.3, 0.4) is 0 Å². The standard InChI is InChI=1S/C14H15N3O4S/c15-22(19,20)8-10-5-14(18)17(7-10)12-3-1-11(2-4-12)13-6-16-9-21-13/h1-4,6,9-10H,5,7-8H2,(H2,15,19,20). The van der Waals surface area contributed by atoms with Crippen LogP contribution >= 0.6 is 0 Å². The van der Waals surface area contributed by atoms with Crippen LogP contribution < -0.4 is 10.0 Å². The van der Waals surface area contributed by atoms with E-state index in [2.05, 4.69) is 4.98 Å². The first-order valence-electron chi connectivity index (χ1n) is 6.72. The number of oxazole rings is 1. The number of nitrogens with zero attached hydrogens (tertiary/aromatic N) is 2. The molecule has 2 N–H and O–H groups in total. The van der Waals surface area contributed by atoms with E-state index in [1.54, 1.807) is 23.2 Å². The summed E-state index contributed by atoms with van der Waals surface area (Å²) in [5.74, 6) is 0.106. The van der Waals surface area contributed by atoms with Crippen molar-refractivity contribution in [3.05, 3.63) is 36.9 Å². The van der Waals surface area contributed by atoms with E-state index in [1.807, 2.05) is 12.1 Å². The smallest absolute Gasteiger partial charge is 0.227 e. The van der Waals surface area contributed by atoms with E-state index in [-0.39, 0.29) is 24.0 Å². The molecule has 2 heterocycles. The molecule has 0 bridgehead atoms. The number of primary sulfonamides is 1. The number of amides is 1. The first kappa shape index (κ1) is 14.7. The lowest BCUT2D eigenvalue weighted by Crippen LogP contribution is -2.27. The van der Waals surface area contributed by atoms with Gasteiger partial charge in [-0.2, -0.15) is 0 Å². The van der Waals surface area contributed by atoms with Gasteiger partial charge in [-0.1, -0.05) is 0 Å². The molecule has 0 saturated carbocycles. The molecular weight excluding hydrogens is 306 g/mol. The van der Waals surface area contributed by atoms with E-state index in [0.29, 0.717) is 12.3 Å². The number of aromatic nitrogens is 1. The highest BCUT2D eigenvalue weighted by Gasteiger charge is 2.32. The van der Waals surface area contributed by atoms with Crippen molar-refractivity contribution in [2.24, 2.45) is 11.1 Å². The highest BCUT2D eigenvalue weighted by molar-refractivity contribution is 7.89. The second-order valence-electron chi connectivity index (χ2n) is 5.32. The minimum Gasteiger partial charge on any atom is -0.444 e. The summed E-state index contributed by atoms with van der Waals surface area (Å²) in [5, 5.41) is 5.04. The SMILES string of the molecule is NS(=O)(=O)CC1CC(=O)N(c2ccc(-c3cnco3)cc2)C1. The number of hydrogen-bond acceptors (Lipinski definition) is 5. The molecule has 1 aromatic carbocycles. The van der Waals surface area contributed by atoms with Crippen molar-refractivity contribution >= 4 is 21.6 Å². The second kappa shape index (κ2) is 5.54. The first-order chi connectivity index (χ1) is 10.4. The lowest BCUT2D eigenvalue weighted by Gasteiger charge is -2.16. The van der Waals surface area contributed by atoms with Crippen molar-refractivity contribution in [2.45, 2.75) is 6.42 Å². The molecule has 7 nitrogen and oxygen atoms in total. The van der Waals surface area contributed by atoms with Crippen LogP contribution in [0.15, 0.2) is 41.3 Å².